The average molecular weight is 281 g/mol. The van der Waals surface area contributed by atoms with E-state index in [-0.39, 0.29) is 23.6 Å². The summed E-state index contributed by atoms with van der Waals surface area (Å²) < 4.78 is 0. The molecule has 0 aromatic heterocycles. The van der Waals surface area contributed by atoms with Crippen molar-refractivity contribution in [3.05, 3.63) is 38.4 Å². The van der Waals surface area contributed by atoms with E-state index < -0.39 is 15.4 Å². The molecule has 1 aromatic carbocycles. The maximum Gasteiger partial charge on any atom is 0.299 e. The Balaban J connectivity index is 2.18. The Morgan fingerprint density at radius 1 is 1.20 bits per heavy atom. The molecule has 108 valence electrons. The van der Waals surface area contributed by atoms with Crippen molar-refractivity contribution in [2.24, 2.45) is 0 Å². The number of nitro groups is 2. The first-order chi connectivity index (χ1) is 9.41. The molecule has 2 rings (SSSR count). The van der Waals surface area contributed by atoms with E-state index in [0.29, 0.717) is 12.8 Å². The highest BCUT2D eigenvalue weighted by Crippen LogP contribution is 2.32. The molecular formula is C12H15N3O5. The van der Waals surface area contributed by atoms with Crippen molar-refractivity contribution in [2.45, 2.75) is 31.3 Å². The summed E-state index contributed by atoms with van der Waals surface area (Å²) in [6, 6.07) is 3.42. The Hall–Kier alpha value is -2.22. The number of nitrogens with one attached hydrogen (secondary N) is 1. The minimum absolute atomic E-state index is 0.181. The van der Waals surface area contributed by atoms with E-state index in [4.69, 9.17) is 0 Å². The van der Waals surface area contributed by atoms with E-state index >= 15 is 0 Å². The molecular weight excluding hydrogens is 266 g/mol. The van der Waals surface area contributed by atoms with Gasteiger partial charge in [0.25, 0.3) is 11.4 Å². The fourth-order valence-corrected chi connectivity index (χ4v) is 2.40. The van der Waals surface area contributed by atoms with Crippen molar-refractivity contribution in [2.75, 3.05) is 11.9 Å². The molecule has 0 bridgehead atoms. The molecule has 2 N–H and O–H groups in total. The Labute approximate surface area is 114 Å². The Morgan fingerprint density at radius 3 is 2.40 bits per heavy atom. The van der Waals surface area contributed by atoms with Crippen LogP contribution in [0, 0.1) is 20.2 Å². The summed E-state index contributed by atoms with van der Waals surface area (Å²) in [6.07, 6.45) is 3.17. The summed E-state index contributed by atoms with van der Waals surface area (Å²) in [5, 5.41) is 34.6. The molecule has 1 aliphatic rings. The highest BCUT2D eigenvalue weighted by Gasteiger charge is 2.31. The van der Waals surface area contributed by atoms with Gasteiger partial charge in [-0.3, -0.25) is 20.2 Å². The van der Waals surface area contributed by atoms with E-state index in [1.165, 1.54) is 12.1 Å². The Bertz CT molecular complexity index is 540. The van der Waals surface area contributed by atoms with Crippen molar-refractivity contribution in [1.82, 2.24) is 0 Å². The van der Waals surface area contributed by atoms with Gasteiger partial charge in [-0.1, -0.05) is 12.8 Å². The number of benzene rings is 1. The number of hydrogen-bond donors (Lipinski definition) is 2. The van der Waals surface area contributed by atoms with E-state index in [2.05, 4.69) is 5.32 Å². The fraction of sp³-hybridized carbons (Fsp3) is 0.500. The zero-order chi connectivity index (χ0) is 14.8. The second kappa shape index (κ2) is 5.41. The number of aliphatic hydroxyl groups is 1. The van der Waals surface area contributed by atoms with Crippen LogP contribution in [0.5, 0.6) is 0 Å². The maximum atomic E-state index is 11.0. The van der Waals surface area contributed by atoms with Gasteiger partial charge in [0.2, 0.25) is 0 Å². The lowest BCUT2D eigenvalue weighted by molar-refractivity contribution is -0.393. The van der Waals surface area contributed by atoms with Gasteiger partial charge in [0.05, 0.1) is 21.5 Å². The van der Waals surface area contributed by atoms with Gasteiger partial charge in [-0.2, -0.15) is 0 Å². The summed E-state index contributed by atoms with van der Waals surface area (Å²) in [5.41, 5.74) is -1.36. The molecule has 1 saturated carbocycles. The quantitative estimate of drug-likeness (QED) is 0.631. The number of non-ortho nitro benzene ring substituents is 1. The second-order valence-electron chi connectivity index (χ2n) is 5.00. The molecule has 0 aliphatic heterocycles. The summed E-state index contributed by atoms with van der Waals surface area (Å²) in [7, 11) is 0. The molecule has 1 aromatic rings. The SMILES string of the molecule is O=[N+]([O-])c1ccc(NCC2(O)CCCC2)c([N+](=O)[O-])c1. The van der Waals surface area contributed by atoms with Gasteiger partial charge in [-0.25, -0.2) is 0 Å². The largest absolute Gasteiger partial charge is 0.388 e. The lowest BCUT2D eigenvalue weighted by Crippen LogP contribution is -2.33. The van der Waals surface area contributed by atoms with Crippen LogP contribution >= 0.6 is 0 Å². The lowest BCUT2D eigenvalue weighted by atomic mass is 10.0. The fourth-order valence-electron chi connectivity index (χ4n) is 2.40. The van der Waals surface area contributed by atoms with Gasteiger partial charge in [0.1, 0.15) is 5.69 Å². The minimum atomic E-state index is -0.852. The van der Waals surface area contributed by atoms with Crippen LogP contribution in [0.15, 0.2) is 18.2 Å². The van der Waals surface area contributed by atoms with E-state index in [9.17, 15) is 25.3 Å². The number of nitro benzene ring substituents is 2. The van der Waals surface area contributed by atoms with Crippen LogP contribution in [0.1, 0.15) is 25.7 Å². The molecule has 0 amide bonds. The van der Waals surface area contributed by atoms with Crippen molar-refractivity contribution >= 4 is 17.1 Å². The summed E-state index contributed by atoms with van der Waals surface area (Å²) in [5.74, 6) is 0. The number of rotatable bonds is 5. The third-order valence-electron chi connectivity index (χ3n) is 3.53. The molecule has 8 heteroatoms. The average Bonchev–Trinajstić information content (AvgIpc) is 2.83. The van der Waals surface area contributed by atoms with Crippen molar-refractivity contribution in [3.8, 4) is 0 Å². The monoisotopic (exact) mass is 281 g/mol. The normalized spacial score (nSPS) is 16.9. The minimum Gasteiger partial charge on any atom is -0.388 e. The van der Waals surface area contributed by atoms with Crippen LogP contribution in [0.3, 0.4) is 0 Å². The first-order valence-corrected chi connectivity index (χ1v) is 6.30. The number of nitrogens with zero attached hydrogens (tertiary/aromatic N) is 2. The molecule has 0 unspecified atom stereocenters. The summed E-state index contributed by atoms with van der Waals surface area (Å²) in [4.78, 5) is 20.2. The van der Waals surface area contributed by atoms with E-state index in [1.807, 2.05) is 0 Å². The molecule has 0 spiro atoms. The smallest absolute Gasteiger partial charge is 0.299 e. The van der Waals surface area contributed by atoms with Crippen molar-refractivity contribution in [3.63, 3.8) is 0 Å². The van der Waals surface area contributed by atoms with Gasteiger partial charge in [-0.05, 0) is 18.9 Å². The first kappa shape index (κ1) is 14.2. The standard InChI is InChI=1S/C12H15N3O5/c16-12(5-1-2-6-12)8-13-10-4-3-9(14(17)18)7-11(10)15(19)20/h3-4,7,13,16H,1-2,5-6,8H2. The predicted molar refractivity (Wildman–Crippen MR) is 71.7 cm³/mol. The van der Waals surface area contributed by atoms with Crippen molar-refractivity contribution in [1.29, 1.82) is 0 Å². The molecule has 1 fully saturated rings. The third-order valence-corrected chi connectivity index (χ3v) is 3.53. The molecule has 0 radical (unpaired) electrons. The molecule has 0 heterocycles. The van der Waals surface area contributed by atoms with Gasteiger partial charge in [0.15, 0.2) is 0 Å². The molecule has 0 atom stereocenters. The second-order valence-corrected chi connectivity index (χ2v) is 5.00. The molecule has 0 saturated heterocycles. The zero-order valence-electron chi connectivity index (χ0n) is 10.7. The van der Waals surface area contributed by atoms with Crippen LogP contribution in [0.25, 0.3) is 0 Å². The maximum absolute atomic E-state index is 11.0. The molecule has 1 aliphatic carbocycles. The highest BCUT2D eigenvalue weighted by atomic mass is 16.6. The van der Waals surface area contributed by atoms with Crippen LogP contribution < -0.4 is 5.32 Å². The molecule has 20 heavy (non-hydrogen) atoms. The number of hydrogen-bond acceptors (Lipinski definition) is 6. The number of anilines is 1. The zero-order valence-corrected chi connectivity index (χ0v) is 10.7. The van der Waals surface area contributed by atoms with E-state index in [0.717, 1.165) is 18.9 Å². The van der Waals surface area contributed by atoms with Gasteiger partial charge < -0.3 is 10.4 Å². The van der Waals surface area contributed by atoms with Gasteiger partial charge in [0, 0.05) is 12.6 Å². The van der Waals surface area contributed by atoms with Crippen LogP contribution in [-0.2, 0) is 0 Å². The van der Waals surface area contributed by atoms with Gasteiger partial charge in [-0.15, -0.1) is 0 Å². The third kappa shape index (κ3) is 3.02. The summed E-state index contributed by atoms with van der Waals surface area (Å²) >= 11 is 0. The van der Waals surface area contributed by atoms with Crippen LogP contribution in [0.4, 0.5) is 17.1 Å². The van der Waals surface area contributed by atoms with Crippen molar-refractivity contribution < 1.29 is 15.0 Å². The molecule has 8 nitrogen and oxygen atoms in total. The van der Waals surface area contributed by atoms with E-state index in [1.54, 1.807) is 0 Å². The van der Waals surface area contributed by atoms with Gasteiger partial charge >= 0.3 is 0 Å². The van der Waals surface area contributed by atoms with Crippen LogP contribution in [-0.4, -0.2) is 27.1 Å². The predicted octanol–water partition coefficient (Wildman–Crippen LogP) is 2.22. The highest BCUT2D eigenvalue weighted by molar-refractivity contribution is 5.65. The first-order valence-electron chi connectivity index (χ1n) is 6.30. The topological polar surface area (TPSA) is 119 Å². The Kier molecular flexibility index (Phi) is 3.84. The Morgan fingerprint density at radius 2 is 1.85 bits per heavy atom. The van der Waals surface area contributed by atoms with Crippen LogP contribution in [0.2, 0.25) is 0 Å². The lowest BCUT2D eigenvalue weighted by Gasteiger charge is -2.22. The summed E-state index contributed by atoms with van der Waals surface area (Å²) in [6.45, 7) is 0.200.